The fourth-order valence-corrected chi connectivity index (χ4v) is 15.3. The molecule has 0 aromatic carbocycles. The van der Waals surface area contributed by atoms with Gasteiger partial charge in [0.25, 0.3) is 0 Å². The summed E-state index contributed by atoms with van der Waals surface area (Å²) in [5.41, 5.74) is 0. The van der Waals surface area contributed by atoms with E-state index in [1.807, 2.05) is 0 Å². The van der Waals surface area contributed by atoms with Gasteiger partial charge in [-0.2, -0.15) is 0 Å². The molecule has 0 spiro atoms. The summed E-state index contributed by atoms with van der Waals surface area (Å²) in [5, 5.41) is 2.22. The second-order valence-corrected chi connectivity index (χ2v) is 21.8. The summed E-state index contributed by atoms with van der Waals surface area (Å²) in [6.45, 7) is 29.8. The Hall–Kier alpha value is 0.434. The van der Waals surface area contributed by atoms with Gasteiger partial charge in [-0.3, -0.25) is 0 Å². The summed E-state index contributed by atoms with van der Waals surface area (Å²) in [5.74, 6) is 0. The van der Waals surface area contributed by atoms with Crippen molar-refractivity contribution in [3.8, 4) is 0 Å². The summed E-state index contributed by atoms with van der Waals surface area (Å²) in [4.78, 5) is 0. The molecule has 0 radical (unpaired) electrons. The summed E-state index contributed by atoms with van der Waals surface area (Å²) < 4.78 is 0. The van der Waals surface area contributed by atoms with Crippen molar-refractivity contribution in [2.75, 3.05) is 0 Å². The van der Waals surface area contributed by atoms with Crippen molar-refractivity contribution < 1.29 is 0 Å². The Labute approximate surface area is 139 Å². The van der Waals surface area contributed by atoms with Crippen LogP contribution in [0.2, 0.25) is 32.2 Å². The smallest absolute Gasteiger partial charge is 0.0477 e. The molecule has 0 rings (SSSR count). The number of rotatable bonds is 4. The largest absolute Gasteiger partial charge is 0.0628 e. The van der Waals surface area contributed by atoms with Gasteiger partial charge < -0.3 is 0 Å². The first kappa shape index (κ1) is 21.4. The molecule has 0 N–H and O–H groups in total. The standard InChI is InChI=1S/C19H44Si2/c1-16(2,3)20(17(4,5)6)14-13-15-21(18(7,8)9)19(10,11)12/h20-21H,13-15H2,1-12H3. The van der Waals surface area contributed by atoms with E-state index in [-0.39, 0.29) is 0 Å². The molecule has 2 heteroatoms. The molecule has 128 valence electrons. The van der Waals surface area contributed by atoms with Gasteiger partial charge in [0.05, 0.1) is 0 Å². The minimum Gasteiger partial charge on any atom is -0.0628 e. The lowest BCUT2D eigenvalue weighted by atomic mass is 10.2. The summed E-state index contributed by atoms with van der Waals surface area (Å²) >= 11 is 0. The molecule has 0 bridgehead atoms. The molecule has 0 amide bonds. The maximum Gasteiger partial charge on any atom is 0.0477 e. The highest BCUT2D eigenvalue weighted by molar-refractivity contribution is 6.66. The molecule has 0 aliphatic heterocycles. The molecule has 0 aromatic rings. The van der Waals surface area contributed by atoms with Crippen molar-refractivity contribution in [3.05, 3.63) is 0 Å². The Bertz CT molecular complexity index is 244. The fraction of sp³-hybridized carbons (Fsp3) is 1.00. The highest BCUT2D eigenvalue weighted by Gasteiger charge is 2.38. The van der Waals surface area contributed by atoms with Crippen LogP contribution in [0.5, 0.6) is 0 Å². The summed E-state index contributed by atoms with van der Waals surface area (Å²) in [6.07, 6.45) is 1.48. The van der Waals surface area contributed by atoms with E-state index in [9.17, 15) is 0 Å². The first-order valence-electron chi connectivity index (χ1n) is 8.97. The minimum absolute atomic E-state index is 0.554. The molecule has 0 saturated heterocycles. The van der Waals surface area contributed by atoms with Crippen molar-refractivity contribution >= 4 is 17.6 Å². The van der Waals surface area contributed by atoms with Gasteiger partial charge in [0.1, 0.15) is 0 Å². The van der Waals surface area contributed by atoms with Gasteiger partial charge in [-0.05, 0) is 20.2 Å². The Morgan fingerprint density at radius 1 is 0.429 bits per heavy atom. The van der Waals surface area contributed by atoms with Crippen LogP contribution in [0, 0.1) is 0 Å². The first-order valence-corrected chi connectivity index (χ1v) is 12.9. The molecule has 0 saturated carbocycles. The second-order valence-electron chi connectivity index (χ2n) is 11.5. The maximum atomic E-state index is 2.48. The van der Waals surface area contributed by atoms with E-state index < -0.39 is 17.6 Å². The summed E-state index contributed by atoms with van der Waals surface area (Å²) in [7, 11) is -1.51. The monoisotopic (exact) mass is 328 g/mol. The molecule has 0 aliphatic rings. The van der Waals surface area contributed by atoms with Crippen molar-refractivity contribution in [2.24, 2.45) is 0 Å². The molecular formula is C19H44Si2. The molecule has 0 heterocycles. The van der Waals surface area contributed by atoms with Crippen molar-refractivity contribution in [1.82, 2.24) is 0 Å². The van der Waals surface area contributed by atoms with E-state index >= 15 is 0 Å². The van der Waals surface area contributed by atoms with Crippen LogP contribution >= 0.6 is 0 Å². The fourth-order valence-electron chi connectivity index (χ4n) is 4.86. The maximum absolute atomic E-state index is 2.48. The van der Waals surface area contributed by atoms with Crippen LogP contribution in [0.15, 0.2) is 0 Å². The van der Waals surface area contributed by atoms with Crippen LogP contribution in [0.1, 0.15) is 89.5 Å². The Balaban J connectivity index is 4.84. The molecule has 21 heavy (non-hydrogen) atoms. The van der Waals surface area contributed by atoms with Crippen LogP contribution in [0.3, 0.4) is 0 Å². The Morgan fingerprint density at radius 2 is 0.619 bits per heavy atom. The van der Waals surface area contributed by atoms with Crippen molar-refractivity contribution in [3.63, 3.8) is 0 Å². The number of hydrogen-bond donors (Lipinski definition) is 0. The predicted molar refractivity (Wildman–Crippen MR) is 107 cm³/mol. The van der Waals surface area contributed by atoms with Crippen molar-refractivity contribution in [2.45, 2.75) is 122 Å². The number of hydrogen-bond acceptors (Lipinski definition) is 0. The van der Waals surface area contributed by atoms with Gasteiger partial charge in [-0.1, -0.05) is 102 Å². The Morgan fingerprint density at radius 3 is 0.762 bits per heavy atom. The molecular weight excluding hydrogens is 284 g/mol. The molecule has 0 aliphatic carbocycles. The van der Waals surface area contributed by atoms with E-state index in [1.54, 1.807) is 0 Å². The van der Waals surface area contributed by atoms with Gasteiger partial charge >= 0.3 is 0 Å². The normalized spacial score (nSPS) is 15.1. The minimum atomic E-state index is -0.755. The third-order valence-electron chi connectivity index (χ3n) is 5.17. The lowest BCUT2D eigenvalue weighted by Crippen LogP contribution is -2.37. The highest BCUT2D eigenvalue weighted by atomic mass is 28.3. The molecule has 0 aromatic heterocycles. The summed E-state index contributed by atoms with van der Waals surface area (Å²) in [6, 6.07) is 3.06. The van der Waals surface area contributed by atoms with E-state index in [2.05, 4.69) is 83.1 Å². The molecule has 0 atom stereocenters. The third-order valence-corrected chi connectivity index (χ3v) is 15.5. The first-order chi connectivity index (χ1) is 8.97. The quantitative estimate of drug-likeness (QED) is 0.486. The van der Waals surface area contributed by atoms with Gasteiger partial charge in [0, 0.05) is 17.6 Å². The van der Waals surface area contributed by atoms with Crippen LogP contribution in [-0.2, 0) is 0 Å². The van der Waals surface area contributed by atoms with E-state index in [0.717, 1.165) is 0 Å². The topological polar surface area (TPSA) is 0 Å². The van der Waals surface area contributed by atoms with Gasteiger partial charge in [0.15, 0.2) is 0 Å². The average molecular weight is 329 g/mol. The zero-order valence-corrected chi connectivity index (χ0v) is 19.6. The van der Waals surface area contributed by atoms with Crippen LogP contribution in [0.4, 0.5) is 0 Å². The lowest BCUT2D eigenvalue weighted by Gasteiger charge is -2.42. The van der Waals surface area contributed by atoms with E-state index in [4.69, 9.17) is 0 Å². The van der Waals surface area contributed by atoms with Crippen LogP contribution in [0.25, 0.3) is 0 Å². The highest BCUT2D eigenvalue weighted by Crippen LogP contribution is 2.47. The van der Waals surface area contributed by atoms with E-state index in [1.165, 1.54) is 18.5 Å². The lowest BCUT2D eigenvalue weighted by molar-refractivity contribution is 0.621. The zero-order chi connectivity index (χ0) is 17.3. The van der Waals surface area contributed by atoms with Gasteiger partial charge in [0.2, 0.25) is 0 Å². The average Bonchev–Trinajstić information content (AvgIpc) is 2.07. The third kappa shape index (κ3) is 7.50. The molecule has 0 fully saturated rings. The second kappa shape index (κ2) is 6.90. The van der Waals surface area contributed by atoms with Gasteiger partial charge in [-0.25, -0.2) is 0 Å². The molecule has 0 unspecified atom stereocenters. The van der Waals surface area contributed by atoms with Crippen molar-refractivity contribution in [1.29, 1.82) is 0 Å². The Kier molecular flexibility index (Phi) is 7.05. The van der Waals surface area contributed by atoms with Crippen LogP contribution < -0.4 is 0 Å². The van der Waals surface area contributed by atoms with Gasteiger partial charge in [-0.15, -0.1) is 0 Å². The zero-order valence-electron chi connectivity index (χ0n) is 17.3. The predicted octanol–water partition coefficient (Wildman–Crippen LogP) is 7.03. The van der Waals surface area contributed by atoms with Crippen LogP contribution in [-0.4, -0.2) is 17.6 Å². The SMILES string of the molecule is CC(C)(C)[SiH](CCC[SiH](C(C)(C)C)C(C)(C)C)C(C)(C)C. The van der Waals surface area contributed by atoms with E-state index in [0.29, 0.717) is 20.2 Å². The molecule has 0 nitrogen and oxygen atoms in total.